The van der Waals surface area contributed by atoms with Gasteiger partial charge in [0.15, 0.2) is 0 Å². The van der Waals surface area contributed by atoms with Crippen molar-refractivity contribution in [3.05, 3.63) is 30.1 Å². The summed E-state index contributed by atoms with van der Waals surface area (Å²) < 4.78 is 36.1. The van der Waals surface area contributed by atoms with E-state index in [4.69, 9.17) is 0 Å². The lowest BCUT2D eigenvalue weighted by molar-refractivity contribution is -0.124. The van der Waals surface area contributed by atoms with Gasteiger partial charge in [0, 0.05) is 5.92 Å². The lowest BCUT2D eigenvalue weighted by Gasteiger charge is -2.09. The molecule has 1 aromatic carbocycles. The van der Waals surface area contributed by atoms with Gasteiger partial charge in [-0.3, -0.25) is 10.2 Å². The molecule has 0 bridgehead atoms. The molecule has 17 heavy (non-hydrogen) atoms. The molecule has 1 amide bonds. The molecule has 94 valence electrons. The molecule has 0 aromatic heterocycles. The molecule has 0 spiro atoms. The van der Waals surface area contributed by atoms with E-state index in [-0.39, 0.29) is 10.8 Å². The Hall–Kier alpha value is -1.47. The summed E-state index contributed by atoms with van der Waals surface area (Å²) in [6.07, 6.45) is 0. The van der Waals surface area contributed by atoms with Crippen LogP contribution in [0.1, 0.15) is 13.8 Å². The first-order chi connectivity index (χ1) is 7.83. The summed E-state index contributed by atoms with van der Waals surface area (Å²) in [5.74, 6) is -1.49. The van der Waals surface area contributed by atoms with E-state index in [0.717, 1.165) is 12.1 Å². The minimum atomic E-state index is -3.93. The average Bonchev–Trinajstić information content (AvgIpc) is 2.26. The van der Waals surface area contributed by atoms with Gasteiger partial charge in [0.2, 0.25) is 5.91 Å². The van der Waals surface area contributed by atoms with Gasteiger partial charge < -0.3 is 0 Å². The van der Waals surface area contributed by atoms with Crippen molar-refractivity contribution in [1.29, 1.82) is 0 Å². The number of rotatable bonds is 4. The molecule has 5 nitrogen and oxygen atoms in total. The molecule has 0 fully saturated rings. The fourth-order valence-corrected chi connectivity index (χ4v) is 1.83. The quantitative estimate of drug-likeness (QED) is 0.786. The highest BCUT2D eigenvalue weighted by molar-refractivity contribution is 7.89. The summed E-state index contributed by atoms with van der Waals surface area (Å²) in [5, 5.41) is 0. The Morgan fingerprint density at radius 2 is 2.00 bits per heavy atom. The van der Waals surface area contributed by atoms with E-state index < -0.39 is 21.7 Å². The van der Waals surface area contributed by atoms with Crippen LogP contribution >= 0.6 is 0 Å². The molecule has 1 rings (SSSR count). The Balaban J connectivity index is 2.80. The van der Waals surface area contributed by atoms with E-state index in [1.54, 1.807) is 13.8 Å². The van der Waals surface area contributed by atoms with Crippen LogP contribution in [0.15, 0.2) is 29.2 Å². The molecule has 2 N–H and O–H groups in total. The van der Waals surface area contributed by atoms with Crippen molar-refractivity contribution in [1.82, 2.24) is 10.3 Å². The van der Waals surface area contributed by atoms with Crippen LogP contribution < -0.4 is 10.3 Å². The van der Waals surface area contributed by atoms with Gasteiger partial charge in [-0.15, -0.1) is 4.83 Å². The van der Waals surface area contributed by atoms with Gasteiger partial charge in [-0.1, -0.05) is 19.9 Å². The molecular formula is C10H13FN2O3S. The van der Waals surface area contributed by atoms with Crippen LogP contribution in [0.2, 0.25) is 0 Å². The van der Waals surface area contributed by atoms with Crippen LogP contribution in [0, 0.1) is 11.7 Å². The predicted octanol–water partition coefficient (Wildman–Crippen LogP) is 0.791. The molecule has 0 unspecified atom stereocenters. The molecule has 1 aromatic rings. The second-order valence-electron chi connectivity index (χ2n) is 3.71. The number of hydrogen-bond acceptors (Lipinski definition) is 3. The fraction of sp³-hybridized carbons (Fsp3) is 0.300. The van der Waals surface area contributed by atoms with Gasteiger partial charge in [-0.2, -0.15) is 0 Å². The molecule has 0 saturated carbocycles. The maximum Gasteiger partial charge on any atom is 0.257 e. The number of benzene rings is 1. The standard InChI is InChI=1S/C10H13FN2O3S/c1-7(2)10(14)12-13-17(15,16)9-5-3-4-8(11)6-9/h3-7,13H,1-2H3,(H,12,14). The smallest absolute Gasteiger partial charge is 0.257 e. The van der Waals surface area contributed by atoms with Gasteiger partial charge in [0.25, 0.3) is 10.0 Å². The van der Waals surface area contributed by atoms with E-state index >= 15 is 0 Å². The molecule has 0 atom stereocenters. The molecule has 7 heteroatoms. The third-order valence-electron chi connectivity index (χ3n) is 1.94. The van der Waals surface area contributed by atoms with Crippen LogP contribution in [0.25, 0.3) is 0 Å². The largest absolute Gasteiger partial charge is 0.277 e. The lowest BCUT2D eigenvalue weighted by atomic mass is 10.2. The Labute approximate surface area is 99.0 Å². The molecule has 0 aliphatic carbocycles. The molecule has 0 heterocycles. The highest BCUT2D eigenvalue weighted by Gasteiger charge is 2.16. The average molecular weight is 260 g/mol. The van der Waals surface area contributed by atoms with Crippen LogP contribution in [0.5, 0.6) is 0 Å². The summed E-state index contributed by atoms with van der Waals surface area (Å²) in [6, 6.07) is 4.50. The summed E-state index contributed by atoms with van der Waals surface area (Å²) in [5.41, 5.74) is 2.04. The zero-order valence-electron chi connectivity index (χ0n) is 9.40. The zero-order valence-corrected chi connectivity index (χ0v) is 10.2. The van der Waals surface area contributed by atoms with Crippen molar-refractivity contribution < 1.29 is 17.6 Å². The third kappa shape index (κ3) is 3.79. The van der Waals surface area contributed by atoms with Crippen molar-refractivity contribution in [2.24, 2.45) is 5.92 Å². The van der Waals surface area contributed by atoms with Crippen molar-refractivity contribution in [2.45, 2.75) is 18.7 Å². The first-order valence-electron chi connectivity index (χ1n) is 4.90. The second kappa shape index (κ2) is 5.24. The maximum absolute atomic E-state index is 12.8. The zero-order chi connectivity index (χ0) is 13.1. The van der Waals surface area contributed by atoms with Gasteiger partial charge in [0.05, 0.1) is 4.90 Å². The summed E-state index contributed by atoms with van der Waals surface area (Å²) in [6.45, 7) is 3.23. The van der Waals surface area contributed by atoms with Crippen molar-refractivity contribution in [2.75, 3.05) is 0 Å². The van der Waals surface area contributed by atoms with Crippen LogP contribution in [-0.4, -0.2) is 14.3 Å². The Morgan fingerprint density at radius 1 is 1.35 bits per heavy atom. The number of hydrazine groups is 1. The van der Waals surface area contributed by atoms with Gasteiger partial charge in [-0.25, -0.2) is 12.8 Å². The predicted molar refractivity (Wildman–Crippen MR) is 59.7 cm³/mol. The molecule has 0 radical (unpaired) electrons. The minimum Gasteiger partial charge on any atom is -0.277 e. The lowest BCUT2D eigenvalue weighted by Crippen LogP contribution is -2.43. The first kappa shape index (κ1) is 13.6. The van der Waals surface area contributed by atoms with E-state index in [0.29, 0.717) is 0 Å². The fourth-order valence-electron chi connectivity index (χ4n) is 0.955. The number of halogens is 1. The van der Waals surface area contributed by atoms with Crippen LogP contribution in [0.4, 0.5) is 4.39 Å². The van der Waals surface area contributed by atoms with E-state index in [1.165, 1.54) is 12.1 Å². The second-order valence-corrected chi connectivity index (χ2v) is 5.39. The van der Waals surface area contributed by atoms with Crippen molar-refractivity contribution in [3.63, 3.8) is 0 Å². The Kier molecular flexibility index (Phi) is 4.19. The molecule has 0 saturated heterocycles. The highest BCUT2D eigenvalue weighted by atomic mass is 32.2. The number of amides is 1. The summed E-state index contributed by atoms with van der Waals surface area (Å²) in [7, 11) is -3.93. The molecular weight excluding hydrogens is 247 g/mol. The maximum atomic E-state index is 12.8. The first-order valence-corrected chi connectivity index (χ1v) is 6.38. The van der Waals surface area contributed by atoms with Gasteiger partial charge >= 0.3 is 0 Å². The highest BCUT2D eigenvalue weighted by Crippen LogP contribution is 2.09. The summed E-state index contributed by atoms with van der Waals surface area (Å²) >= 11 is 0. The van der Waals surface area contributed by atoms with Crippen molar-refractivity contribution >= 4 is 15.9 Å². The van der Waals surface area contributed by atoms with Crippen LogP contribution in [-0.2, 0) is 14.8 Å². The Morgan fingerprint density at radius 3 is 2.53 bits per heavy atom. The van der Waals surface area contributed by atoms with E-state index in [9.17, 15) is 17.6 Å². The third-order valence-corrected chi connectivity index (χ3v) is 3.18. The van der Waals surface area contributed by atoms with Gasteiger partial charge in [0.1, 0.15) is 5.82 Å². The number of carbonyl (C=O) groups excluding carboxylic acids is 1. The monoisotopic (exact) mass is 260 g/mol. The topological polar surface area (TPSA) is 75.3 Å². The van der Waals surface area contributed by atoms with Gasteiger partial charge in [-0.05, 0) is 18.2 Å². The molecule has 0 aliphatic heterocycles. The summed E-state index contributed by atoms with van der Waals surface area (Å²) in [4.78, 5) is 12.8. The number of carbonyl (C=O) groups is 1. The normalized spacial score (nSPS) is 11.5. The van der Waals surface area contributed by atoms with E-state index in [2.05, 4.69) is 0 Å². The SMILES string of the molecule is CC(C)C(=O)NNS(=O)(=O)c1cccc(F)c1. The van der Waals surface area contributed by atoms with E-state index in [1.807, 2.05) is 10.3 Å². The number of sulfonamides is 1. The number of nitrogens with one attached hydrogen (secondary N) is 2. The number of hydrogen-bond donors (Lipinski definition) is 2. The van der Waals surface area contributed by atoms with Crippen LogP contribution in [0.3, 0.4) is 0 Å². The van der Waals surface area contributed by atoms with Crippen molar-refractivity contribution in [3.8, 4) is 0 Å². The molecule has 0 aliphatic rings. The minimum absolute atomic E-state index is 0.249. The Bertz CT molecular complexity index is 514.